The topological polar surface area (TPSA) is 70.0 Å². The van der Waals surface area contributed by atoms with Crippen LogP contribution in [-0.4, -0.2) is 15.0 Å². The molecular weight excluding hydrogens is 248 g/mol. The minimum absolute atomic E-state index is 0.218. The van der Waals surface area contributed by atoms with E-state index in [0.717, 1.165) is 6.42 Å². The average molecular weight is 264 g/mol. The van der Waals surface area contributed by atoms with Crippen molar-refractivity contribution in [1.82, 2.24) is 4.72 Å². The number of nitriles is 1. The van der Waals surface area contributed by atoms with Gasteiger partial charge in [0.15, 0.2) is 0 Å². The van der Waals surface area contributed by atoms with E-state index in [1.54, 1.807) is 0 Å². The molecule has 1 saturated carbocycles. The van der Waals surface area contributed by atoms with Crippen LogP contribution in [0.1, 0.15) is 31.2 Å². The van der Waals surface area contributed by atoms with Gasteiger partial charge >= 0.3 is 0 Å². The summed E-state index contributed by atoms with van der Waals surface area (Å²) >= 11 is 0. The second-order valence-electron chi connectivity index (χ2n) is 4.62. The predicted octanol–water partition coefficient (Wildman–Crippen LogP) is 2.03. The summed E-state index contributed by atoms with van der Waals surface area (Å²) in [6, 6.07) is 7.92. The number of benzene rings is 1. The molecule has 2 rings (SSSR count). The molecule has 0 saturated heterocycles. The molecule has 0 amide bonds. The van der Waals surface area contributed by atoms with E-state index in [4.69, 9.17) is 5.26 Å². The van der Waals surface area contributed by atoms with Crippen LogP contribution in [0.4, 0.5) is 0 Å². The summed E-state index contributed by atoms with van der Waals surface area (Å²) in [5.74, 6) is 0.689. The van der Waals surface area contributed by atoms with Crippen molar-refractivity contribution >= 4 is 10.0 Å². The van der Waals surface area contributed by atoms with Crippen LogP contribution in [0.15, 0.2) is 29.2 Å². The fraction of sp³-hybridized carbons (Fsp3) is 0.462. The average Bonchev–Trinajstić information content (AvgIpc) is 2.32. The lowest BCUT2D eigenvalue weighted by Crippen LogP contribution is -2.27. The molecule has 0 atom stereocenters. The monoisotopic (exact) mass is 264 g/mol. The van der Waals surface area contributed by atoms with Gasteiger partial charge in [-0.25, -0.2) is 13.1 Å². The first kappa shape index (κ1) is 13.1. The fourth-order valence-electron chi connectivity index (χ4n) is 1.97. The summed E-state index contributed by atoms with van der Waals surface area (Å²) in [7, 11) is -3.42. The standard InChI is InChI=1S/C13H16N2O2S/c14-10-12-4-6-13(7-5-12)18(16,17)15-9-8-11-2-1-3-11/h4-7,11,15H,1-3,8-9H2. The molecule has 0 radical (unpaired) electrons. The number of sulfonamides is 1. The van der Waals surface area contributed by atoms with Gasteiger partial charge in [0.1, 0.15) is 0 Å². The van der Waals surface area contributed by atoms with E-state index in [-0.39, 0.29) is 4.90 Å². The van der Waals surface area contributed by atoms with Crippen molar-refractivity contribution in [2.45, 2.75) is 30.6 Å². The molecule has 1 aliphatic rings. The third-order valence-corrected chi connectivity index (χ3v) is 4.84. The maximum atomic E-state index is 11.9. The smallest absolute Gasteiger partial charge is 0.211 e. The Morgan fingerprint density at radius 2 is 1.94 bits per heavy atom. The van der Waals surface area contributed by atoms with Gasteiger partial charge in [-0.05, 0) is 36.6 Å². The molecule has 0 heterocycles. The van der Waals surface area contributed by atoms with Crippen molar-refractivity contribution in [2.24, 2.45) is 5.92 Å². The third kappa shape index (κ3) is 3.09. The van der Waals surface area contributed by atoms with Crippen molar-refractivity contribution in [3.63, 3.8) is 0 Å². The normalized spacial score (nSPS) is 15.9. The molecule has 18 heavy (non-hydrogen) atoms. The molecule has 0 bridgehead atoms. The van der Waals surface area contributed by atoms with E-state index in [2.05, 4.69) is 4.72 Å². The van der Waals surface area contributed by atoms with Crippen molar-refractivity contribution in [3.8, 4) is 6.07 Å². The maximum Gasteiger partial charge on any atom is 0.240 e. The van der Waals surface area contributed by atoms with Crippen LogP contribution in [0.3, 0.4) is 0 Å². The Balaban J connectivity index is 1.94. The number of rotatable bonds is 5. The number of hydrogen-bond donors (Lipinski definition) is 1. The van der Waals surface area contributed by atoms with Gasteiger partial charge in [0, 0.05) is 6.54 Å². The predicted molar refractivity (Wildman–Crippen MR) is 68.3 cm³/mol. The van der Waals surface area contributed by atoms with Crippen LogP contribution in [0.25, 0.3) is 0 Å². The molecule has 0 aliphatic heterocycles. The molecule has 4 nitrogen and oxygen atoms in total. The van der Waals surface area contributed by atoms with E-state index in [0.29, 0.717) is 18.0 Å². The first-order chi connectivity index (χ1) is 8.62. The molecular formula is C13H16N2O2S. The van der Waals surface area contributed by atoms with Gasteiger partial charge in [0.25, 0.3) is 0 Å². The van der Waals surface area contributed by atoms with Gasteiger partial charge in [-0.1, -0.05) is 19.3 Å². The Morgan fingerprint density at radius 1 is 1.28 bits per heavy atom. The van der Waals surface area contributed by atoms with Gasteiger partial charge < -0.3 is 0 Å². The SMILES string of the molecule is N#Cc1ccc(S(=O)(=O)NCCC2CCC2)cc1. The molecule has 1 aromatic rings. The van der Waals surface area contributed by atoms with E-state index in [1.165, 1.54) is 43.5 Å². The fourth-order valence-corrected chi connectivity index (χ4v) is 3.02. The van der Waals surface area contributed by atoms with E-state index >= 15 is 0 Å². The molecule has 96 valence electrons. The number of hydrogen-bond acceptors (Lipinski definition) is 3. The van der Waals surface area contributed by atoms with Crippen molar-refractivity contribution in [1.29, 1.82) is 5.26 Å². The molecule has 0 spiro atoms. The van der Waals surface area contributed by atoms with Crippen LogP contribution in [-0.2, 0) is 10.0 Å². The highest BCUT2D eigenvalue weighted by atomic mass is 32.2. The van der Waals surface area contributed by atoms with Crippen LogP contribution in [0.5, 0.6) is 0 Å². The Hall–Kier alpha value is -1.38. The zero-order chi connectivity index (χ0) is 13.0. The molecule has 0 aromatic heterocycles. The summed E-state index contributed by atoms with van der Waals surface area (Å²) in [5, 5.41) is 8.65. The summed E-state index contributed by atoms with van der Waals surface area (Å²) in [6.45, 7) is 0.493. The quantitative estimate of drug-likeness (QED) is 0.884. The Morgan fingerprint density at radius 3 is 2.44 bits per heavy atom. The summed E-state index contributed by atoms with van der Waals surface area (Å²) in [6.07, 6.45) is 4.62. The highest BCUT2D eigenvalue weighted by molar-refractivity contribution is 7.89. The van der Waals surface area contributed by atoms with E-state index in [9.17, 15) is 8.42 Å². The highest BCUT2D eigenvalue weighted by Crippen LogP contribution is 2.28. The first-order valence-corrected chi connectivity index (χ1v) is 7.60. The Labute approximate surface area is 108 Å². The molecule has 5 heteroatoms. The van der Waals surface area contributed by atoms with Gasteiger partial charge in [-0.2, -0.15) is 5.26 Å². The zero-order valence-corrected chi connectivity index (χ0v) is 10.9. The molecule has 0 unspecified atom stereocenters. The molecule has 1 fully saturated rings. The third-order valence-electron chi connectivity index (χ3n) is 3.36. The van der Waals surface area contributed by atoms with E-state index < -0.39 is 10.0 Å². The Bertz CT molecular complexity index is 539. The van der Waals surface area contributed by atoms with Crippen molar-refractivity contribution in [3.05, 3.63) is 29.8 Å². The molecule has 1 aliphatic carbocycles. The Kier molecular flexibility index (Phi) is 4.00. The second kappa shape index (κ2) is 5.51. The largest absolute Gasteiger partial charge is 0.240 e. The summed E-state index contributed by atoms with van der Waals surface area (Å²) in [4.78, 5) is 0.218. The van der Waals surface area contributed by atoms with Crippen molar-refractivity contribution in [2.75, 3.05) is 6.54 Å². The molecule has 1 N–H and O–H groups in total. The number of nitrogens with one attached hydrogen (secondary N) is 1. The summed E-state index contributed by atoms with van der Waals surface area (Å²) < 4.78 is 26.5. The first-order valence-electron chi connectivity index (χ1n) is 6.11. The lowest BCUT2D eigenvalue weighted by molar-refractivity contribution is 0.297. The number of nitrogens with zero attached hydrogens (tertiary/aromatic N) is 1. The van der Waals surface area contributed by atoms with Crippen LogP contribution < -0.4 is 4.72 Å². The highest BCUT2D eigenvalue weighted by Gasteiger charge is 2.19. The minimum atomic E-state index is -3.42. The second-order valence-corrected chi connectivity index (χ2v) is 6.39. The van der Waals surface area contributed by atoms with Crippen LogP contribution in [0, 0.1) is 17.2 Å². The van der Waals surface area contributed by atoms with Gasteiger partial charge in [0.05, 0.1) is 16.5 Å². The van der Waals surface area contributed by atoms with Gasteiger partial charge in [-0.15, -0.1) is 0 Å². The van der Waals surface area contributed by atoms with Crippen LogP contribution in [0.2, 0.25) is 0 Å². The molecule has 1 aromatic carbocycles. The van der Waals surface area contributed by atoms with E-state index in [1.807, 2.05) is 6.07 Å². The van der Waals surface area contributed by atoms with Gasteiger partial charge in [-0.3, -0.25) is 0 Å². The lowest BCUT2D eigenvalue weighted by atomic mass is 9.83. The summed E-state index contributed by atoms with van der Waals surface area (Å²) in [5.41, 5.74) is 0.461. The minimum Gasteiger partial charge on any atom is -0.211 e. The zero-order valence-electron chi connectivity index (χ0n) is 10.1. The van der Waals surface area contributed by atoms with Gasteiger partial charge in [0.2, 0.25) is 10.0 Å². The lowest BCUT2D eigenvalue weighted by Gasteiger charge is -2.25. The van der Waals surface area contributed by atoms with Crippen molar-refractivity contribution < 1.29 is 8.42 Å². The van der Waals surface area contributed by atoms with Crippen LogP contribution >= 0.6 is 0 Å². The maximum absolute atomic E-state index is 11.9.